The molecule has 0 bridgehead atoms. The van der Waals surface area contributed by atoms with E-state index >= 15 is 0 Å². The molecule has 0 aromatic heterocycles. The van der Waals surface area contributed by atoms with Gasteiger partial charge in [-0.2, -0.15) is 0 Å². The molecule has 29 heavy (non-hydrogen) atoms. The molecule has 150 valence electrons. The van der Waals surface area contributed by atoms with Crippen molar-refractivity contribution in [3.8, 4) is 0 Å². The van der Waals surface area contributed by atoms with Gasteiger partial charge >= 0.3 is 0 Å². The highest BCUT2D eigenvalue weighted by atomic mass is 79.9. The van der Waals surface area contributed by atoms with Crippen LogP contribution in [0.15, 0.2) is 82.2 Å². The second-order valence-corrected chi connectivity index (χ2v) is 9.37. The summed E-state index contributed by atoms with van der Waals surface area (Å²) in [4.78, 5) is 12.8. The van der Waals surface area contributed by atoms with Crippen LogP contribution < -0.4 is 10.5 Å². The average molecular weight is 494 g/mol. The third-order valence-corrected chi connectivity index (χ3v) is 6.06. The van der Waals surface area contributed by atoms with E-state index in [1.165, 1.54) is 12.1 Å². The number of hydrogen-bond donors (Lipinski definition) is 2. The lowest BCUT2D eigenvalue weighted by atomic mass is 9.97. The van der Waals surface area contributed by atoms with Crippen molar-refractivity contribution in [3.05, 3.63) is 93.4 Å². The highest BCUT2D eigenvalue weighted by Crippen LogP contribution is 2.27. The van der Waals surface area contributed by atoms with E-state index in [2.05, 4.69) is 21.2 Å². The summed E-state index contributed by atoms with van der Waals surface area (Å²) in [6.07, 6.45) is 0.209. The number of nitrogens with two attached hydrogens (primary N) is 1. The van der Waals surface area contributed by atoms with E-state index in [-0.39, 0.29) is 23.1 Å². The van der Waals surface area contributed by atoms with Gasteiger partial charge in [0.05, 0.1) is 10.9 Å². The summed E-state index contributed by atoms with van der Waals surface area (Å²) in [6, 6.07) is 20.2. The van der Waals surface area contributed by atoms with Crippen molar-refractivity contribution in [2.24, 2.45) is 5.14 Å². The molecule has 0 heterocycles. The number of benzene rings is 3. The van der Waals surface area contributed by atoms with E-state index in [9.17, 15) is 13.2 Å². The Morgan fingerprint density at radius 1 is 0.966 bits per heavy atom. The Bertz CT molecular complexity index is 1100. The molecule has 0 aliphatic carbocycles. The van der Waals surface area contributed by atoms with Crippen LogP contribution in [0.5, 0.6) is 0 Å². The quantitative estimate of drug-likeness (QED) is 0.444. The molecule has 0 aliphatic heterocycles. The lowest BCUT2D eigenvalue weighted by Gasteiger charge is -2.20. The second-order valence-electron chi connectivity index (χ2n) is 6.45. The number of hydrogen-bond acceptors (Lipinski definition) is 4. The summed E-state index contributed by atoms with van der Waals surface area (Å²) in [5.41, 5.74) is 2.17. The molecule has 0 spiro atoms. The minimum atomic E-state index is -3.76. The largest absolute Gasteiger partial charge is 0.378 e. The van der Waals surface area contributed by atoms with Crippen LogP contribution in [0.2, 0.25) is 5.02 Å². The first-order chi connectivity index (χ1) is 13.7. The molecule has 0 aliphatic rings. The summed E-state index contributed by atoms with van der Waals surface area (Å²) in [7, 11) is -3.76. The molecule has 0 fully saturated rings. The highest BCUT2D eigenvalue weighted by Gasteiger charge is 2.18. The van der Waals surface area contributed by atoms with Gasteiger partial charge < -0.3 is 5.32 Å². The number of rotatable bonds is 7. The normalized spacial score (nSPS) is 12.4. The van der Waals surface area contributed by atoms with Crippen LogP contribution in [-0.4, -0.2) is 14.2 Å². The monoisotopic (exact) mass is 492 g/mol. The zero-order valence-electron chi connectivity index (χ0n) is 15.2. The van der Waals surface area contributed by atoms with Gasteiger partial charge in [-0.1, -0.05) is 39.7 Å². The number of anilines is 1. The number of halogens is 2. The van der Waals surface area contributed by atoms with Crippen LogP contribution in [0.1, 0.15) is 28.4 Å². The minimum Gasteiger partial charge on any atom is -0.378 e. The molecule has 0 radical (unpaired) electrons. The van der Waals surface area contributed by atoms with Crippen molar-refractivity contribution >= 4 is 49.0 Å². The van der Waals surface area contributed by atoms with E-state index in [1.54, 1.807) is 36.4 Å². The van der Waals surface area contributed by atoms with Gasteiger partial charge in [-0.05, 0) is 66.2 Å². The molecule has 1 unspecified atom stereocenters. The molecule has 3 aromatic rings. The SMILES string of the molecule is NS(=O)(=O)c1ccc(NC(CC(=O)c2ccc(Cl)cc2)c2ccc(Br)cc2)cc1. The molecule has 5 nitrogen and oxygen atoms in total. The Morgan fingerprint density at radius 2 is 1.55 bits per heavy atom. The van der Waals surface area contributed by atoms with Gasteiger partial charge in [0.2, 0.25) is 10.0 Å². The predicted molar refractivity (Wildman–Crippen MR) is 119 cm³/mol. The van der Waals surface area contributed by atoms with Crippen molar-refractivity contribution in [2.75, 3.05) is 5.32 Å². The van der Waals surface area contributed by atoms with Crippen LogP contribution in [0.25, 0.3) is 0 Å². The fourth-order valence-corrected chi connectivity index (χ4v) is 3.73. The number of primary sulfonamides is 1. The Labute approximate surface area is 183 Å². The summed E-state index contributed by atoms with van der Waals surface area (Å²) in [6.45, 7) is 0. The smallest absolute Gasteiger partial charge is 0.238 e. The minimum absolute atomic E-state index is 0.0282. The lowest BCUT2D eigenvalue weighted by molar-refractivity contribution is 0.0976. The number of sulfonamides is 1. The zero-order chi connectivity index (χ0) is 21.0. The first kappa shape index (κ1) is 21.5. The molecule has 1 atom stereocenters. The molecule has 3 aromatic carbocycles. The van der Waals surface area contributed by atoms with Crippen LogP contribution in [-0.2, 0) is 10.0 Å². The van der Waals surface area contributed by atoms with Crippen molar-refractivity contribution in [1.29, 1.82) is 0 Å². The number of carbonyl (C=O) groups excluding carboxylic acids is 1. The average Bonchev–Trinajstić information content (AvgIpc) is 2.68. The van der Waals surface area contributed by atoms with Gasteiger partial charge in [0.15, 0.2) is 5.78 Å². The van der Waals surface area contributed by atoms with Gasteiger partial charge in [-0.25, -0.2) is 13.6 Å². The predicted octanol–water partition coefficient (Wildman–Crippen LogP) is 5.18. The lowest BCUT2D eigenvalue weighted by Crippen LogP contribution is -2.16. The van der Waals surface area contributed by atoms with Gasteiger partial charge in [0, 0.05) is 27.2 Å². The summed E-state index contributed by atoms with van der Waals surface area (Å²) >= 11 is 9.32. The fourth-order valence-electron chi connectivity index (χ4n) is 2.83. The highest BCUT2D eigenvalue weighted by molar-refractivity contribution is 9.10. The van der Waals surface area contributed by atoms with E-state index in [4.69, 9.17) is 16.7 Å². The number of nitrogens with one attached hydrogen (secondary N) is 1. The number of Topliss-reactive ketones (excluding diaryl/α,β-unsaturated/α-hetero) is 1. The first-order valence-electron chi connectivity index (χ1n) is 8.66. The van der Waals surface area contributed by atoms with Crippen molar-refractivity contribution in [3.63, 3.8) is 0 Å². The van der Waals surface area contributed by atoms with E-state index in [0.717, 1.165) is 10.0 Å². The van der Waals surface area contributed by atoms with Crippen molar-refractivity contribution < 1.29 is 13.2 Å². The Morgan fingerprint density at radius 3 is 2.10 bits per heavy atom. The first-order valence-corrected chi connectivity index (χ1v) is 11.4. The number of ketones is 1. The maximum absolute atomic E-state index is 12.8. The van der Waals surface area contributed by atoms with Crippen molar-refractivity contribution in [2.45, 2.75) is 17.4 Å². The Kier molecular flexibility index (Phi) is 6.74. The molecule has 0 saturated heterocycles. The van der Waals surface area contributed by atoms with Crippen LogP contribution in [0.4, 0.5) is 5.69 Å². The van der Waals surface area contributed by atoms with Gasteiger partial charge in [0.1, 0.15) is 0 Å². The molecule has 3 rings (SSSR count). The summed E-state index contributed by atoms with van der Waals surface area (Å²) in [5.74, 6) is -0.0387. The second kappa shape index (κ2) is 9.09. The van der Waals surface area contributed by atoms with Crippen LogP contribution in [0.3, 0.4) is 0 Å². The molecular weight excluding hydrogens is 476 g/mol. The van der Waals surface area contributed by atoms with E-state index in [0.29, 0.717) is 16.3 Å². The number of carbonyl (C=O) groups is 1. The van der Waals surface area contributed by atoms with Crippen LogP contribution >= 0.6 is 27.5 Å². The Hall–Kier alpha value is -2.19. The molecule has 0 amide bonds. The molecular formula is C21H18BrClN2O3S. The molecule has 3 N–H and O–H groups in total. The van der Waals surface area contributed by atoms with E-state index in [1.807, 2.05) is 24.3 Å². The van der Waals surface area contributed by atoms with Crippen LogP contribution in [0, 0.1) is 0 Å². The Balaban J connectivity index is 1.86. The summed E-state index contributed by atoms with van der Waals surface area (Å²) < 4.78 is 23.8. The van der Waals surface area contributed by atoms with Gasteiger partial charge in [-0.3, -0.25) is 4.79 Å². The maximum Gasteiger partial charge on any atom is 0.238 e. The van der Waals surface area contributed by atoms with Crippen molar-refractivity contribution in [1.82, 2.24) is 0 Å². The van der Waals surface area contributed by atoms with E-state index < -0.39 is 10.0 Å². The standard InChI is InChI=1S/C21H18BrClN2O3S/c22-16-5-1-14(2-6-16)20(13-21(26)15-3-7-17(23)8-4-15)25-18-9-11-19(12-10-18)29(24,27)28/h1-12,20,25H,13H2,(H2,24,27,28). The third kappa shape index (κ3) is 5.90. The third-order valence-electron chi connectivity index (χ3n) is 4.35. The topological polar surface area (TPSA) is 89.3 Å². The van der Waals surface area contributed by atoms with Gasteiger partial charge in [0.25, 0.3) is 0 Å². The fraction of sp³-hybridized carbons (Fsp3) is 0.0952. The molecule has 0 saturated carbocycles. The van der Waals surface area contributed by atoms with Gasteiger partial charge in [-0.15, -0.1) is 0 Å². The summed E-state index contributed by atoms with van der Waals surface area (Å²) in [5, 5.41) is 9.02. The zero-order valence-corrected chi connectivity index (χ0v) is 18.3. The molecule has 8 heteroatoms. The maximum atomic E-state index is 12.8.